The molecular formula is C17H19N7O9S2. The molecule has 0 spiro atoms. The van der Waals surface area contributed by atoms with Crippen LogP contribution in [0.3, 0.4) is 0 Å². The first-order chi connectivity index (χ1) is 16.4. The molecule has 0 fully saturated rings. The van der Waals surface area contributed by atoms with E-state index in [1.165, 1.54) is 11.4 Å². The van der Waals surface area contributed by atoms with Crippen LogP contribution in [-0.2, 0) is 14.8 Å². The topological polar surface area (TPSA) is 249 Å². The van der Waals surface area contributed by atoms with Crippen LogP contribution in [0, 0.1) is 20.2 Å². The molecule has 0 unspecified atom stereocenters. The highest BCUT2D eigenvalue weighted by Crippen LogP contribution is 2.26. The molecule has 6 N–H and O–H groups in total. The normalized spacial score (nSPS) is 12.4. The van der Waals surface area contributed by atoms with E-state index in [2.05, 4.69) is 15.0 Å². The van der Waals surface area contributed by atoms with Gasteiger partial charge in [0.2, 0.25) is 0 Å². The highest BCUT2D eigenvalue weighted by Gasteiger charge is 2.25. The molecule has 0 aliphatic carbocycles. The first kappa shape index (κ1) is 26.9. The van der Waals surface area contributed by atoms with Crippen LogP contribution >= 0.6 is 11.3 Å². The van der Waals surface area contributed by atoms with Crippen molar-refractivity contribution in [3.63, 3.8) is 0 Å². The van der Waals surface area contributed by atoms with Crippen molar-refractivity contribution in [3.05, 3.63) is 60.8 Å². The van der Waals surface area contributed by atoms with Gasteiger partial charge in [-0.3, -0.25) is 19.6 Å². The minimum absolute atomic E-state index is 0.0500. The number of carbonyl (C=O) groups excluding carboxylic acids is 1. The van der Waals surface area contributed by atoms with Crippen LogP contribution < -0.4 is 21.2 Å². The predicted molar refractivity (Wildman–Crippen MR) is 123 cm³/mol. The van der Waals surface area contributed by atoms with E-state index in [0.29, 0.717) is 0 Å². The second-order valence-electron chi connectivity index (χ2n) is 6.66. The molecule has 1 atom stereocenters. The zero-order valence-electron chi connectivity index (χ0n) is 17.6. The number of aliphatic carboxylic acids is 1. The summed E-state index contributed by atoms with van der Waals surface area (Å²) in [5.41, 5.74) is 6.46. The van der Waals surface area contributed by atoms with Gasteiger partial charge in [0.25, 0.3) is 27.6 Å². The van der Waals surface area contributed by atoms with Crippen molar-refractivity contribution >= 4 is 50.6 Å². The molecule has 0 bridgehead atoms. The summed E-state index contributed by atoms with van der Waals surface area (Å²) in [6, 6.07) is 4.03. The van der Waals surface area contributed by atoms with E-state index in [9.17, 15) is 43.3 Å². The Hall–Kier alpha value is -4.32. The number of carboxylic acids is 1. The van der Waals surface area contributed by atoms with Gasteiger partial charge in [-0.15, -0.1) is 11.3 Å². The number of non-ortho nitro benzene ring substituents is 1. The molecule has 0 aliphatic rings. The largest absolute Gasteiger partial charge is 0.480 e. The number of carbonyl (C=O) groups is 2. The van der Waals surface area contributed by atoms with Gasteiger partial charge in [-0.1, -0.05) is 5.43 Å². The Morgan fingerprint density at radius 3 is 2.40 bits per heavy atom. The fourth-order valence-electron chi connectivity index (χ4n) is 2.62. The number of nitrogens with zero attached hydrogens (tertiary/aromatic N) is 3. The Bertz CT molecular complexity index is 1240. The number of nitrogens with one attached hydrogen (secondary N) is 3. The van der Waals surface area contributed by atoms with Crippen LogP contribution in [0.5, 0.6) is 0 Å². The number of guanidine groups is 1. The third-order valence-electron chi connectivity index (χ3n) is 4.22. The van der Waals surface area contributed by atoms with Gasteiger partial charge in [0.1, 0.15) is 10.9 Å². The molecule has 2 rings (SSSR count). The maximum Gasteiger partial charge on any atom is 0.326 e. The van der Waals surface area contributed by atoms with Crippen molar-refractivity contribution in [2.24, 2.45) is 10.7 Å². The number of nitro benzene ring substituents is 1. The number of benzene rings is 1. The van der Waals surface area contributed by atoms with Gasteiger partial charge in [-0.2, -0.15) is 0 Å². The number of rotatable bonds is 12. The number of hydrogen-bond donors (Lipinski definition) is 5. The average molecular weight is 530 g/mol. The Labute approximate surface area is 201 Å². The number of sulfonamides is 1. The minimum atomic E-state index is -4.20. The second-order valence-corrected chi connectivity index (χ2v) is 9.26. The van der Waals surface area contributed by atoms with E-state index in [4.69, 9.17) is 5.73 Å². The van der Waals surface area contributed by atoms with Crippen LogP contribution in [0.25, 0.3) is 0 Å². The summed E-state index contributed by atoms with van der Waals surface area (Å²) in [5.74, 6) is -2.68. The summed E-state index contributed by atoms with van der Waals surface area (Å²) in [6.45, 7) is -0.0500. The van der Waals surface area contributed by atoms with Crippen molar-refractivity contribution < 1.29 is 33.1 Å². The Morgan fingerprint density at radius 1 is 1.17 bits per heavy atom. The molecule has 0 saturated carbocycles. The summed E-state index contributed by atoms with van der Waals surface area (Å²) < 4.78 is 27.4. The first-order valence-electron chi connectivity index (χ1n) is 9.50. The van der Waals surface area contributed by atoms with Gasteiger partial charge >= 0.3 is 5.97 Å². The second kappa shape index (κ2) is 11.7. The number of hydrogen-bond acceptors (Lipinski definition) is 10. The molecule has 0 aliphatic heterocycles. The van der Waals surface area contributed by atoms with E-state index in [1.54, 1.807) is 5.43 Å². The molecule has 16 nitrogen and oxygen atoms in total. The van der Waals surface area contributed by atoms with Gasteiger partial charge in [0, 0.05) is 18.7 Å². The maximum atomic E-state index is 12.6. The Kier molecular flexibility index (Phi) is 9.00. The van der Waals surface area contributed by atoms with Gasteiger partial charge < -0.3 is 16.2 Å². The summed E-state index contributed by atoms with van der Waals surface area (Å²) in [5, 5.41) is 33.2. The number of anilines is 1. The predicted octanol–water partition coefficient (Wildman–Crippen LogP) is 0.516. The molecular weight excluding hydrogens is 510 g/mol. The van der Waals surface area contributed by atoms with Crippen molar-refractivity contribution in [3.8, 4) is 0 Å². The van der Waals surface area contributed by atoms with Crippen LogP contribution in [0.4, 0.5) is 11.4 Å². The zero-order valence-corrected chi connectivity index (χ0v) is 19.2. The number of nitro groups is 2. The van der Waals surface area contributed by atoms with E-state index >= 15 is 0 Å². The lowest BCUT2D eigenvalue weighted by Crippen LogP contribution is -2.41. The van der Waals surface area contributed by atoms with Crippen LogP contribution in [0.2, 0.25) is 0 Å². The molecule has 1 heterocycles. The van der Waals surface area contributed by atoms with Gasteiger partial charge in [-0.05, 0) is 36.4 Å². The molecule has 1 amide bonds. The van der Waals surface area contributed by atoms with E-state index < -0.39 is 43.9 Å². The smallest absolute Gasteiger partial charge is 0.326 e. The summed E-state index contributed by atoms with van der Waals surface area (Å²) >= 11 is 0.860. The summed E-state index contributed by atoms with van der Waals surface area (Å²) in [4.78, 5) is 47.7. The molecule has 1 aromatic carbocycles. The molecule has 18 heteroatoms. The van der Waals surface area contributed by atoms with E-state index in [0.717, 1.165) is 35.6 Å². The lowest BCUT2D eigenvalue weighted by atomic mass is 10.1. The third-order valence-corrected chi connectivity index (χ3v) is 6.51. The fourth-order valence-corrected chi connectivity index (χ4v) is 4.51. The number of thiophene rings is 1. The highest BCUT2D eigenvalue weighted by molar-refractivity contribution is 7.92. The Morgan fingerprint density at radius 2 is 1.83 bits per heavy atom. The zero-order chi connectivity index (χ0) is 26.2. The number of aliphatic imine (C=N–C) groups is 1. The number of amides is 1. The molecule has 1 aromatic heterocycles. The van der Waals surface area contributed by atoms with Gasteiger partial charge in [-0.25, -0.2) is 28.3 Å². The number of nitrogens with two attached hydrogens (primary N) is 1. The lowest BCUT2D eigenvalue weighted by Gasteiger charge is -2.14. The van der Waals surface area contributed by atoms with Crippen LogP contribution in [-0.4, -0.2) is 53.9 Å². The first-order valence-corrected chi connectivity index (χ1v) is 11.9. The van der Waals surface area contributed by atoms with Gasteiger partial charge in [0.15, 0.2) is 5.03 Å². The molecule has 188 valence electrons. The SMILES string of the molecule is NC(=NCCC[C@H](NC(=O)c1sccc1NS(=O)(=O)c1ccc([N+](=O)[O-])cc1)C(=O)O)N[N+](=O)[O-]. The molecule has 0 saturated heterocycles. The average Bonchev–Trinajstić information content (AvgIpc) is 3.22. The quantitative estimate of drug-likeness (QED) is 0.0832. The summed E-state index contributed by atoms with van der Waals surface area (Å²) in [7, 11) is -4.20. The monoisotopic (exact) mass is 529 g/mol. The third kappa shape index (κ3) is 7.89. The highest BCUT2D eigenvalue weighted by atomic mass is 32.2. The van der Waals surface area contributed by atoms with Crippen molar-refractivity contribution in [2.75, 3.05) is 11.3 Å². The standard InChI is InChI=1S/C17H19N7O9S2/c18-17(21-24(30)31)19-8-1-2-13(16(26)27)20-15(25)14-12(7-9-34-14)22-35(32,33)11-5-3-10(4-6-11)23(28)29/h3-7,9,13,22H,1-2,8H2,(H,20,25)(H,26,27)(H3,18,19,21)/t13-/m0/s1. The maximum absolute atomic E-state index is 12.6. The molecule has 0 radical (unpaired) electrons. The van der Waals surface area contributed by atoms with E-state index in [-0.39, 0.29) is 40.5 Å². The molecule has 2 aromatic rings. The molecule has 35 heavy (non-hydrogen) atoms. The number of hydrazine groups is 1. The Balaban J connectivity index is 2.06. The lowest BCUT2D eigenvalue weighted by molar-refractivity contribution is -0.525. The van der Waals surface area contributed by atoms with Crippen molar-refractivity contribution in [1.29, 1.82) is 0 Å². The minimum Gasteiger partial charge on any atom is -0.480 e. The van der Waals surface area contributed by atoms with Crippen molar-refractivity contribution in [1.82, 2.24) is 10.7 Å². The van der Waals surface area contributed by atoms with Gasteiger partial charge in [0.05, 0.1) is 15.5 Å². The number of carboxylic acid groups (broad SMARTS) is 1. The van der Waals surface area contributed by atoms with E-state index in [1.807, 2.05) is 0 Å². The summed E-state index contributed by atoms with van der Waals surface area (Å²) in [6.07, 6.45) is 0.0208. The van der Waals surface area contributed by atoms with Crippen LogP contribution in [0.1, 0.15) is 22.5 Å². The van der Waals surface area contributed by atoms with Crippen LogP contribution in [0.15, 0.2) is 45.6 Å². The van der Waals surface area contributed by atoms with Crippen molar-refractivity contribution in [2.45, 2.75) is 23.8 Å². The fraction of sp³-hybridized carbons (Fsp3) is 0.235.